The lowest BCUT2D eigenvalue weighted by Crippen LogP contribution is -2.13. The van der Waals surface area contributed by atoms with Gasteiger partial charge in [-0.05, 0) is 42.8 Å². The lowest BCUT2D eigenvalue weighted by atomic mass is 10.1. The van der Waals surface area contributed by atoms with Crippen LogP contribution in [-0.4, -0.2) is 5.91 Å². The van der Waals surface area contributed by atoms with Crippen molar-refractivity contribution in [2.45, 2.75) is 6.92 Å². The van der Waals surface area contributed by atoms with Crippen molar-refractivity contribution in [1.82, 2.24) is 0 Å². The summed E-state index contributed by atoms with van der Waals surface area (Å²) in [4.78, 5) is 12.0. The van der Waals surface area contributed by atoms with E-state index in [2.05, 4.69) is 5.32 Å². The highest BCUT2D eigenvalue weighted by atomic mass is 35.5. The van der Waals surface area contributed by atoms with E-state index in [4.69, 9.17) is 23.2 Å². The van der Waals surface area contributed by atoms with E-state index in [9.17, 15) is 9.18 Å². The Morgan fingerprint density at radius 2 is 1.89 bits per heavy atom. The molecule has 5 heteroatoms. The van der Waals surface area contributed by atoms with Crippen molar-refractivity contribution < 1.29 is 9.18 Å². The molecule has 0 fully saturated rings. The Labute approximate surface area is 120 Å². The standard InChI is InChI=1S/C14H10Cl2FNO/c1-8-2-3-9(15)6-13(8)18-14(19)11-5-4-10(17)7-12(11)16/h2-7H,1H3,(H,18,19). The minimum atomic E-state index is -0.486. The Morgan fingerprint density at radius 3 is 2.58 bits per heavy atom. The topological polar surface area (TPSA) is 29.1 Å². The highest BCUT2D eigenvalue weighted by Crippen LogP contribution is 2.23. The van der Waals surface area contributed by atoms with Gasteiger partial charge in [0.2, 0.25) is 0 Å². The van der Waals surface area contributed by atoms with Gasteiger partial charge in [0.05, 0.1) is 10.6 Å². The molecule has 0 aliphatic rings. The number of aryl methyl sites for hydroxylation is 1. The first kappa shape index (κ1) is 13.8. The number of hydrogen-bond donors (Lipinski definition) is 1. The maximum atomic E-state index is 12.9. The van der Waals surface area contributed by atoms with Crippen LogP contribution in [0.15, 0.2) is 36.4 Å². The van der Waals surface area contributed by atoms with Crippen LogP contribution in [0, 0.1) is 12.7 Å². The lowest BCUT2D eigenvalue weighted by molar-refractivity contribution is 0.102. The third kappa shape index (κ3) is 3.25. The molecular weight excluding hydrogens is 288 g/mol. The van der Waals surface area contributed by atoms with E-state index in [-0.39, 0.29) is 10.6 Å². The van der Waals surface area contributed by atoms with Gasteiger partial charge in [0.25, 0.3) is 5.91 Å². The maximum Gasteiger partial charge on any atom is 0.257 e. The molecule has 1 N–H and O–H groups in total. The van der Waals surface area contributed by atoms with Crippen molar-refractivity contribution in [3.63, 3.8) is 0 Å². The van der Waals surface area contributed by atoms with Crippen molar-refractivity contribution >= 4 is 34.8 Å². The molecular formula is C14H10Cl2FNO. The minimum Gasteiger partial charge on any atom is -0.322 e. The first-order chi connectivity index (χ1) is 8.97. The zero-order valence-electron chi connectivity index (χ0n) is 10.0. The number of anilines is 1. The molecule has 0 aromatic heterocycles. The molecule has 0 spiro atoms. The summed E-state index contributed by atoms with van der Waals surface area (Å²) in [5, 5.41) is 3.28. The average Bonchev–Trinajstić information content (AvgIpc) is 2.33. The summed E-state index contributed by atoms with van der Waals surface area (Å²) in [5.74, 6) is -0.893. The van der Waals surface area contributed by atoms with Crippen LogP contribution in [0.25, 0.3) is 0 Å². The summed E-state index contributed by atoms with van der Waals surface area (Å²) < 4.78 is 12.9. The summed E-state index contributed by atoms with van der Waals surface area (Å²) >= 11 is 11.7. The molecule has 19 heavy (non-hydrogen) atoms. The second kappa shape index (κ2) is 5.59. The third-order valence-corrected chi connectivity index (χ3v) is 3.17. The normalized spacial score (nSPS) is 10.3. The summed E-state index contributed by atoms with van der Waals surface area (Å²) in [6.45, 7) is 1.85. The van der Waals surface area contributed by atoms with Crippen LogP contribution in [0.5, 0.6) is 0 Å². The molecule has 1 amide bonds. The van der Waals surface area contributed by atoms with E-state index in [1.165, 1.54) is 12.1 Å². The van der Waals surface area contributed by atoms with Crippen molar-refractivity contribution in [3.05, 3.63) is 63.4 Å². The number of hydrogen-bond acceptors (Lipinski definition) is 1. The summed E-state index contributed by atoms with van der Waals surface area (Å²) in [6, 6.07) is 8.80. The van der Waals surface area contributed by atoms with E-state index in [1.54, 1.807) is 18.2 Å². The molecule has 0 atom stereocenters. The van der Waals surface area contributed by atoms with Gasteiger partial charge in [0.1, 0.15) is 5.82 Å². The summed E-state index contributed by atoms with van der Waals surface area (Å²) in [6.07, 6.45) is 0. The van der Waals surface area contributed by atoms with Gasteiger partial charge in [-0.25, -0.2) is 4.39 Å². The van der Waals surface area contributed by atoms with Gasteiger partial charge in [-0.2, -0.15) is 0 Å². The van der Waals surface area contributed by atoms with Gasteiger partial charge in [-0.3, -0.25) is 4.79 Å². The Balaban J connectivity index is 2.28. The first-order valence-electron chi connectivity index (χ1n) is 5.50. The number of carbonyl (C=O) groups is 1. The van der Waals surface area contributed by atoms with Crippen LogP contribution in [0.2, 0.25) is 10.0 Å². The fraction of sp³-hybridized carbons (Fsp3) is 0.0714. The SMILES string of the molecule is Cc1ccc(Cl)cc1NC(=O)c1ccc(F)cc1Cl. The summed E-state index contributed by atoms with van der Waals surface area (Å²) in [7, 11) is 0. The molecule has 2 aromatic carbocycles. The predicted molar refractivity (Wildman–Crippen MR) is 75.6 cm³/mol. The van der Waals surface area contributed by atoms with Crippen LogP contribution >= 0.6 is 23.2 Å². The van der Waals surface area contributed by atoms with Crippen molar-refractivity contribution in [2.24, 2.45) is 0 Å². The van der Waals surface area contributed by atoms with E-state index >= 15 is 0 Å². The molecule has 0 saturated carbocycles. The third-order valence-electron chi connectivity index (χ3n) is 2.62. The number of amides is 1. The molecule has 0 heterocycles. The largest absolute Gasteiger partial charge is 0.322 e. The zero-order chi connectivity index (χ0) is 14.0. The zero-order valence-corrected chi connectivity index (χ0v) is 11.5. The van der Waals surface area contributed by atoms with Crippen LogP contribution < -0.4 is 5.32 Å². The van der Waals surface area contributed by atoms with E-state index in [0.717, 1.165) is 11.6 Å². The highest BCUT2D eigenvalue weighted by Gasteiger charge is 2.12. The van der Waals surface area contributed by atoms with Gasteiger partial charge in [0, 0.05) is 10.7 Å². The van der Waals surface area contributed by atoms with Crippen LogP contribution in [-0.2, 0) is 0 Å². The molecule has 98 valence electrons. The number of rotatable bonds is 2. The smallest absolute Gasteiger partial charge is 0.257 e. The second-order valence-electron chi connectivity index (χ2n) is 4.04. The van der Waals surface area contributed by atoms with Crippen molar-refractivity contribution in [3.8, 4) is 0 Å². The van der Waals surface area contributed by atoms with E-state index in [1.807, 2.05) is 6.92 Å². The highest BCUT2D eigenvalue weighted by molar-refractivity contribution is 6.34. The molecule has 0 aliphatic carbocycles. The van der Waals surface area contributed by atoms with Gasteiger partial charge in [-0.15, -0.1) is 0 Å². The fourth-order valence-corrected chi connectivity index (χ4v) is 2.02. The Hall–Kier alpha value is -1.58. The molecule has 2 aromatic rings. The Kier molecular flexibility index (Phi) is 4.08. The molecule has 2 rings (SSSR count). The Bertz CT molecular complexity index is 643. The predicted octanol–water partition coefficient (Wildman–Crippen LogP) is 4.69. The molecule has 0 unspecified atom stereocenters. The second-order valence-corrected chi connectivity index (χ2v) is 4.88. The van der Waals surface area contributed by atoms with Crippen LogP contribution in [0.3, 0.4) is 0 Å². The minimum absolute atomic E-state index is 0.0668. The molecule has 0 bridgehead atoms. The van der Waals surface area contributed by atoms with Crippen molar-refractivity contribution in [2.75, 3.05) is 5.32 Å². The van der Waals surface area contributed by atoms with E-state index < -0.39 is 11.7 Å². The van der Waals surface area contributed by atoms with Gasteiger partial charge < -0.3 is 5.32 Å². The average molecular weight is 298 g/mol. The molecule has 2 nitrogen and oxygen atoms in total. The van der Waals surface area contributed by atoms with E-state index in [0.29, 0.717) is 10.7 Å². The quantitative estimate of drug-likeness (QED) is 0.856. The van der Waals surface area contributed by atoms with Crippen LogP contribution in [0.4, 0.5) is 10.1 Å². The van der Waals surface area contributed by atoms with Crippen LogP contribution in [0.1, 0.15) is 15.9 Å². The Morgan fingerprint density at radius 1 is 1.16 bits per heavy atom. The number of nitrogens with one attached hydrogen (secondary N) is 1. The first-order valence-corrected chi connectivity index (χ1v) is 6.25. The van der Waals surface area contributed by atoms with Gasteiger partial charge in [0.15, 0.2) is 0 Å². The fourth-order valence-electron chi connectivity index (χ4n) is 1.59. The molecule has 0 aliphatic heterocycles. The lowest BCUT2D eigenvalue weighted by Gasteiger charge is -2.09. The monoisotopic (exact) mass is 297 g/mol. The molecule has 0 radical (unpaired) electrons. The maximum absolute atomic E-state index is 12.9. The van der Waals surface area contributed by atoms with Gasteiger partial charge >= 0.3 is 0 Å². The number of benzene rings is 2. The van der Waals surface area contributed by atoms with Crippen molar-refractivity contribution in [1.29, 1.82) is 0 Å². The number of halogens is 3. The molecule has 0 saturated heterocycles. The van der Waals surface area contributed by atoms with Gasteiger partial charge in [-0.1, -0.05) is 29.3 Å². The summed E-state index contributed by atoms with van der Waals surface area (Å²) in [5.41, 5.74) is 1.68. The number of carbonyl (C=O) groups excluding carboxylic acids is 1.